The molecule has 2 aliphatic rings. The van der Waals surface area contributed by atoms with Crippen LogP contribution in [-0.2, 0) is 11.3 Å². The van der Waals surface area contributed by atoms with Gasteiger partial charge in [-0.05, 0) is 43.1 Å². The second kappa shape index (κ2) is 12.8. The Hall–Kier alpha value is -2.80. The van der Waals surface area contributed by atoms with Crippen molar-refractivity contribution >= 4 is 5.91 Å². The quantitative estimate of drug-likeness (QED) is 0.179. The van der Waals surface area contributed by atoms with Gasteiger partial charge in [0.2, 0.25) is 0 Å². The van der Waals surface area contributed by atoms with Crippen LogP contribution in [0, 0.1) is 29.6 Å². The maximum Gasteiger partial charge on any atom is 0.389 e. The molecule has 0 saturated carbocycles. The number of fused-ring (bicyclic) bond motifs is 1. The van der Waals surface area contributed by atoms with Crippen LogP contribution in [0.25, 0.3) is 0 Å². The fourth-order valence-corrected chi connectivity index (χ4v) is 5.73. The topological polar surface area (TPSA) is 41.6 Å². The number of nitrogens with one attached hydrogen (secondary N) is 1. The predicted molar refractivity (Wildman–Crippen MR) is 146 cm³/mol. The number of allylic oxidation sites excluding steroid dienone is 2. The Morgan fingerprint density at radius 2 is 1.92 bits per heavy atom. The third-order valence-corrected chi connectivity index (χ3v) is 8.22. The fourth-order valence-electron chi connectivity index (χ4n) is 5.73. The monoisotopic (exact) mass is 530 g/mol. The minimum Gasteiger partial charge on any atom is -0.478 e. The van der Waals surface area contributed by atoms with Gasteiger partial charge in [-0.15, -0.1) is 6.58 Å². The van der Waals surface area contributed by atoms with Gasteiger partial charge < -0.3 is 10.1 Å². The Bertz CT molecular complexity index is 1050. The molecular formula is C31H41F3N2O2. The summed E-state index contributed by atoms with van der Waals surface area (Å²) in [5, 5.41) is 2.78. The number of hydrogen-bond acceptors (Lipinski definition) is 3. The number of carbonyl (C=O) groups excluding carboxylic acids is 1. The molecule has 1 aromatic carbocycles. The van der Waals surface area contributed by atoms with Crippen molar-refractivity contribution in [1.82, 2.24) is 10.2 Å². The van der Waals surface area contributed by atoms with E-state index in [2.05, 4.69) is 41.6 Å². The molecule has 7 heteroatoms. The molecule has 1 aliphatic heterocycles. The molecule has 0 radical (unpaired) electrons. The van der Waals surface area contributed by atoms with E-state index in [1.807, 2.05) is 45.0 Å². The zero-order chi connectivity index (χ0) is 28.0. The summed E-state index contributed by atoms with van der Waals surface area (Å²) in [5.41, 5.74) is 1.36. The fraction of sp³-hybridized carbons (Fsp3) is 0.516. The summed E-state index contributed by atoms with van der Waals surface area (Å²) >= 11 is 0. The van der Waals surface area contributed by atoms with Crippen molar-refractivity contribution in [1.29, 1.82) is 0 Å². The zero-order valence-corrected chi connectivity index (χ0v) is 22.9. The zero-order valence-electron chi connectivity index (χ0n) is 22.9. The van der Waals surface area contributed by atoms with Crippen LogP contribution in [0.1, 0.15) is 46.1 Å². The van der Waals surface area contributed by atoms with E-state index in [1.165, 1.54) is 0 Å². The van der Waals surface area contributed by atoms with E-state index < -0.39 is 30.5 Å². The Morgan fingerprint density at radius 3 is 2.53 bits per heavy atom. The van der Waals surface area contributed by atoms with Gasteiger partial charge in [0.1, 0.15) is 12.5 Å². The van der Waals surface area contributed by atoms with Crippen molar-refractivity contribution in [3.63, 3.8) is 0 Å². The molecule has 0 spiro atoms. The molecule has 0 bridgehead atoms. The van der Waals surface area contributed by atoms with Crippen LogP contribution in [0.2, 0.25) is 0 Å². The van der Waals surface area contributed by atoms with Crippen molar-refractivity contribution < 1.29 is 22.7 Å². The molecule has 208 valence electrons. The number of carbonyl (C=O) groups is 1. The molecule has 0 fully saturated rings. The smallest absolute Gasteiger partial charge is 0.389 e. The predicted octanol–water partition coefficient (Wildman–Crippen LogP) is 7.06. The summed E-state index contributed by atoms with van der Waals surface area (Å²) in [5.74, 6) is -0.689. The van der Waals surface area contributed by atoms with Gasteiger partial charge in [0.15, 0.2) is 0 Å². The number of benzene rings is 1. The third-order valence-electron chi connectivity index (χ3n) is 8.22. The van der Waals surface area contributed by atoms with Crippen molar-refractivity contribution in [3.8, 4) is 5.75 Å². The molecule has 1 aliphatic carbocycles. The third kappa shape index (κ3) is 7.19. The highest BCUT2D eigenvalue weighted by Gasteiger charge is 2.44. The summed E-state index contributed by atoms with van der Waals surface area (Å²) in [6.45, 7) is 16.5. The van der Waals surface area contributed by atoms with Crippen LogP contribution in [0.4, 0.5) is 13.2 Å². The van der Waals surface area contributed by atoms with Gasteiger partial charge in [0.05, 0.1) is 0 Å². The summed E-state index contributed by atoms with van der Waals surface area (Å²) in [6.07, 6.45) is 4.98. The molecule has 3 rings (SSSR count). The second-order valence-electron chi connectivity index (χ2n) is 10.7. The number of ether oxygens (including phenoxy) is 1. The van der Waals surface area contributed by atoms with Gasteiger partial charge in [-0.3, -0.25) is 9.69 Å². The molecule has 1 unspecified atom stereocenters. The molecule has 1 heterocycles. The lowest BCUT2D eigenvalue weighted by molar-refractivity contribution is -0.153. The van der Waals surface area contributed by atoms with E-state index >= 15 is 0 Å². The molecular weight excluding hydrogens is 489 g/mol. The maximum atomic E-state index is 13.7. The first kappa shape index (κ1) is 29.8. The highest BCUT2D eigenvalue weighted by molar-refractivity contribution is 5.95. The highest BCUT2D eigenvalue weighted by Crippen LogP contribution is 2.43. The van der Waals surface area contributed by atoms with Crippen LogP contribution in [0.3, 0.4) is 0 Å². The van der Waals surface area contributed by atoms with Crippen molar-refractivity contribution in [2.75, 3.05) is 6.73 Å². The van der Waals surface area contributed by atoms with Crippen LogP contribution < -0.4 is 10.1 Å². The Balaban J connectivity index is 1.73. The average molecular weight is 531 g/mol. The largest absolute Gasteiger partial charge is 0.478 e. The maximum absolute atomic E-state index is 13.7. The second-order valence-corrected chi connectivity index (χ2v) is 10.7. The Morgan fingerprint density at radius 1 is 1.21 bits per heavy atom. The molecule has 38 heavy (non-hydrogen) atoms. The first-order chi connectivity index (χ1) is 18.0. The summed E-state index contributed by atoms with van der Waals surface area (Å²) < 4.78 is 47.1. The first-order valence-electron chi connectivity index (χ1n) is 13.5. The van der Waals surface area contributed by atoms with Gasteiger partial charge in [-0.1, -0.05) is 75.9 Å². The van der Waals surface area contributed by atoms with Crippen molar-refractivity contribution in [3.05, 3.63) is 78.9 Å². The lowest BCUT2D eigenvalue weighted by atomic mass is 9.65. The molecule has 7 atom stereocenters. The molecule has 1 aromatic rings. The van der Waals surface area contributed by atoms with Crippen LogP contribution >= 0.6 is 0 Å². The van der Waals surface area contributed by atoms with E-state index in [1.54, 1.807) is 19.1 Å². The van der Waals surface area contributed by atoms with E-state index in [0.717, 1.165) is 24.3 Å². The normalized spacial score (nSPS) is 23.3. The minimum atomic E-state index is -4.35. The van der Waals surface area contributed by atoms with Crippen LogP contribution in [0.5, 0.6) is 5.75 Å². The number of halogens is 3. The van der Waals surface area contributed by atoms with Crippen molar-refractivity contribution in [2.24, 2.45) is 29.6 Å². The summed E-state index contributed by atoms with van der Waals surface area (Å²) in [7, 11) is 0. The Kier molecular flexibility index (Phi) is 10.0. The molecule has 1 amide bonds. The van der Waals surface area contributed by atoms with E-state index in [-0.39, 0.29) is 35.3 Å². The molecule has 0 aromatic heterocycles. The number of alkyl halides is 3. The van der Waals surface area contributed by atoms with Crippen LogP contribution in [-0.4, -0.2) is 35.8 Å². The SMILES string of the molecule is C=C[C@@H]([C@H](C)[C@@H](C)[C@H](CC(F)(F)F)[C@@H](C)NC(=O)C(=C)/C=C\CC)[C@@H]1C=CC1N1COc2ccccc2C1. The summed E-state index contributed by atoms with van der Waals surface area (Å²) in [4.78, 5) is 14.9. The van der Waals surface area contributed by atoms with Gasteiger partial charge in [0.25, 0.3) is 5.91 Å². The molecule has 0 saturated heterocycles. The molecule has 4 nitrogen and oxygen atoms in total. The number of rotatable bonds is 12. The number of hydrogen-bond donors (Lipinski definition) is 1. The lowest BCUT2D eigenvalue weighted by Gasteiger charge is -2.46. The standard InChI is InChI=1S/C31H41F3N2O2/c1-7-9-12-20(3)30(37)35-23(6)27(17-31(32,33)34)22(5)21(4)25(8-2)26-15-16-28(26)36-18-24-13-10-11-14-29(24)38-19-36/h8-16,21-23,25-28H,2-3,7,17-19H2,1,4-6H3,(H,35,37)/b12-9-/t21-,22-,23-,25+,26+,27+,28?/m1/s1. The average Bonchev–Trinajstić information content (AvgIpc) is 2.86. The van der Waals surface area contributed by atoms with E-state index in [0.29, 0.717) is 6.73 Å². The van der Waals surface area contributed by atoms with E-state index in [9.17, 15) is 18.0 Å². The van der Waals surface area contributed by atoms with Gasteiger partial charge in [-0.2, -0.15) is 13.2 Å². The van der Waals surface area contributed by atoms with Gasteiger partial charge in [0, 0.05) is 42.1 Å². The first-order valence-corrected chi connectivity index (χ1v) is 13.5. The number of para-hydroxylation sites is 1. The number of amides is 1. The number of nitrogens with zero attached hydrogens (tertiary/aromatic N) is 1. The van der Waals surface area contributed by atoms with E-state index in [4.69, 9.17) is 4.74 Å². The van der Waals surface area contributed by atoms with Gasteiger partial charge in [-0.25, -0.2) is 0 Å². The molecule has 1 N–H and O–H groups in total. The highest BCUT2D eigenvalue weighted by atomic mass is 19.4. The van der Waals surface area contributed by atoms with Crippen molar-refractivity contribution in [2.45, 2.75) is 65.3 Å². The lowest BCUT2D eigenvalue weighted by Crippen LogP contribution is -2.50. The summed E-state index contributed by atoms with van der Waals surface area (Å²) in [6, 6.07) is 7.40. The van der Waals surface area contributed by atoms with Crippen LogP contribution in [0.15, 0.2) is 73.4 Å². The Labute approximate surface area is 225 Å². The minimum absolute atomic E-state index is 0.0294. The van der Waals surface area contributed by atoms with Gasteiger partial charge >= 0.3 is 6.18 Å².